The number of hydrogen-bond acceptors (Lipinski definition) is 4. The molecule has 0 fully saturated rings. The highest BCUT2D eigenvalue weighted by Gasteiger charge is 2.21. The summed E-state index contributed by atoms with van der Waals surface area (Å²) in [5.74, 6) is -1.50. The maximum Gasteiger partial charge on any atom is 0.229 e. The summed E-state index contributed by atoms with van der Waals surface area (Å²) < 4.78 is 39.9. The number of carbonyl (C=O) groups is 1. The Bertz CT molecular complexity index is 1060. The third-order valence-electron chi connectivity index (χ3n) is 3.28. The van der Waals surface area contributed by atoms with Crippen molar-refractivity contribution in [1.29, 1.82) is 0 Å². The van der Waals surface area contributed by atoms with E-state index in [0.29, 0.717) is 15.5 Å². The number of pyridine rings is 1. The molecular formula is C15H11BrFN3O3S. The van der Waals surface area contributed by atoms with E-state index in [1.807, 2.05) is 0 Å². The van der Waals surface area contributed by atoms with Gasteiger partial charge in [-0.15, -0.1) is 0 Å². The van der Waals surface area contributed by atoms with E-state index in [1.165, 1.54) is 24.4 Å². The Morgan fingerprint density at radius 2 is 2.08 bits per heavy atom. The number of sulfonamides is 1. The maximum absolute atomic E-state index is 14.5. The van der Waals surface area contributed by atoms with Crippen molar-refractivity contribution in [2.45, 2.75) is 0 Å². The van der Waals surface area contributed by atoms with Crippen molar-refractivity contribution < 1.29 is 17.6 Å². The molecule has 0 spiro atoms. The van der Waals surface area contributed by atoms with Crippen LogP contribution in [0.3, 0.4) is 0 Å². The molecule has 0 aliphatic rings. The number of ketones is 1. The van der Waals surface area contributed by atoms with Crippen molar-refractivity contribution in [3.8, 4) is 0 Å². The van der Waals surface area contributed by atoms with Crippen molar-refractivity contribution in [2.75, 3.05) is 11.0 Å². The van der Waals surface area contributed by atoms with Crippen molar-refractivity contribution in [1.82, 2.24) is 9.97 Å². The van der Waals surface area contributed by atoms with E-state index in [1.54, 1.807) is 12.3 Å². The van der Waals surface area contributed by atoms with E-state index in [0.717, 1.165) is 6.26 Å². The first-order chi connectivity index (χ1) is 11.3. The fraction of sp³-hybridized carbons (Fsp3) is 0.0667. The number of carbonyl (C=O) groups excluding carboxylic acids is 1. The Kier molecular flexibility index (Phi) is 4.14. The van der Waals surface area contributed by atoms with Crippen LogP contribution in [0.4, 0.5) is 10.1 Å². The molecule has 2 aromatic heterocycles. The molecule has 0 unspecified atom stereocenters. The number of aromatic amines is 1. The normalized spacial score (nSPS) is 11.6. The summed E-state index contributed by atoms with van der Waals surface area (Å²) >= 11 is 3.28. The molecule has 0 amide bonds. The van der Waals surface area contributed by atoms with E-state index in [-0.39, 0.29) is 16.8 Å². The second-order valence-electron chi connectivity index (χ2n) is 5.12. The van der Waals surface area contributed by atoms with Crippen LogP contribution in [0.5, 0.6) is 0 Å². The standard InChI is InChI=1S/C15H11BrFN3O3S/c1-24(22,23)20-12-4-2-3-9(13(12)17)14(21)11-7-19-15-10(11)5-8(16)6-18-15/h2-7,20H,1H3,(H,18,19). The van der Waals surface area contributed by atoms with Gasteiger partial charge >= 0.3 is 0 Å². The fourth-order valence-corrected chi connectivity index (χ4v) is 3.19. The Hall–Kier alpha value is -2.26. The van der Waals surface area contributed by atoms with Gasteiger partial charge in [0.15, 0.2) is 11.6 Å². The largest absolute Gasteiger partial charge is 0.345 e. The number of halogens is 2. The highest BCUT2D eigenvalue weighted by molar-refractivity contribution is 9.10. The van der Waals surface area contributed by atoms with Crippen LogP contribution in [0.25, 0.3) is 11.0 Å². The smallest absolute Gasteiger partial charge is 0.229 e. The van der Waals surface area contributed by atoms with E-state index >= 15 is 0 Å². The minimum Gasteiger partial charge on any atom is -0.345 e. The summed E-state index contributed by atoms with van der Waals surface area (Å²) in [5, 5.41) is 0.537. The SMILES string of the molecule is CS(=O)(=O)Nc1cccc(C(=O)c2c[nH]c3ncc(Br)cc23)c1F. The number of anilines is 1. The predicted octanol–water partition coefficient (Wildman–Crippen LogP) is 3.07. The van der Waals surface area contributed by atoms with Crippen LogP contribution < -0.4 is 4.72 Å². The topological polar surface area (TPSA) is 91.9 Å². The third-order valence-corrected chi connectivity index (χ3v) is 4.31. The fourth-order valence-electron chi connectivity index (χ4n) is 2.30. The maximum atomic E-state index is 14.5. The molecule has 0 bridgehead atoms. The minimum atomic E-state index is -3.66. The van der Waals surface area contributed by atoms with Crippen LogP contribution in [-0.2, 0) is 10.0 Å². The summed E-state index contributed by atoms with van der Waals surface area (Å²) in [6.07, 6.45) is 3.93. The molecule has 6 nitrogen and oxygen atoms in total. The number of fused-ring (bicyclic) bond motifs is 1. The number of nitrogens with one attached hydrogen (secondary N) is 2. The third kappa shape index (κ3) is 3.17. The highest BCUT2D eigenvalue weighted by Crippen LogP contribution is 2.26. The first-order valence-electron chi connectivity index (χ1n) is 6.70. The highest BCUT2D eigenvalue weighted by atomic mass is 79.9. The summed E-state index contributed by atoms with van der Waals surface area (Å²) in [6.45, 7) is 0. The van der Waals surface area contributed by atoms with Crippen LogP contribution in [-0.4, -0.2) is 30.4 Å². The van der Waals surface area contributed by atoms with E-state index in [4.69, 9.17) is 0 Å². The van der Waals surface area contributed by atoms with Crippen molar-refractivity contribution in [3.63, 3.8) is 0 Å². The molecule has 3 aromatic rings. The second kappa shape index (κ2) is 5.99. The van der Waals surface area contributed by atoms with Gasteiger partial charge in [0, 0.05) is 27.8 Å². The molecular weight excluding hydrogens is 401 g/mol. The second-order valence-corrected chi connectivity index (χ2v) is 7.79. The number of rotatable bonds is 4. The molecule has 0 aliphatic carbocycles. The Morgan fingerprint density at radius 3 is 2.79 bits per heavy atom. The number of benzene rings is 1. The zero-order chi connectivity index (χ0) is 17.5. The van der Waals surface area contributed by atoms with Crippen LogP contribution in [0.15, 0.2) is 41.1 Å². The average molecular weight is 412 g/mol. The van der Waals surface area contributed by atoms with Crippen LogP contribution in [0, 0.1) is 5.82 Å². The van der Waals surface area contributed by atoms with Gasteiger partial charge in [0.2, 0.25) is 10.0 Å². The number of aromatic nitrogens is 2. The molecule has 124 valence electrons. The molecule has 0 saturated carbocycles. The average Bonchev–Trinajstić information content (AvgIpc) is 2.90. The molecule has 0 atom stereocenters. The van der Waals surface area contributed by atoms with Gasteiger partial charge in [-0.25, -0.2) is 17.8 Å². The molecule has 9 heteroatoms. The number of hydrogen-bond donors (Lipinski definition) is 2. The molecule has 0 aliphatic heterocycles. The lowest BCUT2D eigenvalue weighted by atomic mass is 10.0. The van der Waals surface area contributed by atoms with Crippen LogP contribution in [0.1, 0.15) is 15.9 Å². The van der Waals surface area contributed by atoms with Gasteiger partial charge in [0.05, 0.1) is 17.5 Å². The van der Waals surface area contributed by atoms with Gasteiger partial charge in [0.1, 0.15) is 5.65 Å². The quantitative estimate of drug-likeness (QED) is 0.645. The minimum absolute atomic E-state index is 0.232. The molecule has 1 aromatic carbocycles. The molecule has 2 N–H and O–H groups in total. The molecule has 2 heterocycles. The molecule has 24 heavy (non-hydrogen) atoms. The van der Waals surface area contributed by atoms with Crippen molar-refractivity contribution in [3.05, 3.63) is 58.1 Å². The monoisotopic (exact) mass is 411 g/mol. The summed E-state index contributed by atoms with van der Waals surface area (Å²) in [6, 6.07) is 5.66. The summed E-state index contributed by atoms with van der Waals surface area (Å²) in [4.78, 5) is 19.7. The van der Waals surface area contributed by atoms with Gasteiger partial charge in [-0.2, -0.15) is 0 Å². The van der Waals surface area contributed by atoms with Gasteiger partial charge in [0.25, 0.3) is 0 Å². The predicted molar refractivity (Wildman–Crippen MR) is 92.1 cm³/mol. The lowest BCUT2D eigenvalue weighted by Crippen LogP contribution is -2.13. The van der Waals surface area contributed by atoms with Gasteiger partial charge < -0.3 is 4.98 Å². The Labute approximate surface area is 145 Å². The number of nitrogens with zero attached hydrogens (tertiary/aromatic N) is 1. The zero-order valence-electron chi connectivity index (χ0n) is 12.3. The first kappa shape index (κ1) is 16.6. The van der Waals surface area contributed by atoms with Crippen LogP contribution in [0.2, 0.25) is 0 Å². The van der Waals surface area contributed by atoms with E-state index < -0.39 is 21.6 Å². The summed E-state index contributed by atoms with van der Waals surface area (Å²) in [7, 11) is -3.66. The van der Waals surface area contributed by atoms with Crippen LogP contribution >= 0.6 is 15.9 Å². The van der Waals surface area contributed by atoms with Gasteiger partial charge in [-0.05, 0) is 34.1 Å². The van der Waals surface area contributed by atoms with E-state index in [9.17, 15) is 17.6 Å². The molecule has 3 rings (SSSR count). The van der Waals surface area contributed by atoms with Gasteiger partial charge in [-0.1, -0.05) is 6.07 Å². The number of H-pyrrole nitrogens is 1. The van der Waals surface area contributed by atoms with Crippen molar-refractivity contribution >= 4 is 48.5 Å². The summed E-state index contributed by atoms with van der Waals surface area (Å²) in [5.41, 5.74) is 0.230. The first-order valence-corrected chi connectivity index (χ1v) is 9.38. The van der Waals surface area contributed by atoms with E-state index in [2.05, 4.69) is 30.6 Å². The zero-order valence-corrected chi connectivity index (χ0v) is 14.7. The Morgan fingerprint density at radius 1 is 1.33 bits per heavy atom. The van der Waals surface area contributed by atoms with Gasteiger partial charge in [-0.3, -0.25) is 9.52 Å². The Balaban J connectivity index is 2.10. The lowest BCUT2D eigenvalue weighted by Gasteiger charge is -2.08. The molecule has 0 saturated heterocycles. The van der Waals surface area contributed by atoms with Crippen molar-refractivity contribution in [2.24, 2.45) is 0 Å². The molecule has 0 radical (unpaired) electrons. The lowest BCUT2D eigenvalue weighted by molar-refractivity contribution is 0.103.